The molecule has 0 atom stereocenters. The zero-order valence-electron chi connectivity index (χ0n) is 16.3. The van der Waals surface area contributed by atoms with Gasteiger partial charge in [-0.05, 0) is 73.8 Å². The molecule has 3 heteroatoms. The average Bonchev–Trinajstić information content (AvgIpc) is 2.72. The van der Waals surface area contributed by atoms with Gasteiger partial charge in [-0.25, -0.2) is 9.97 Å². The maximum Gasteiger partial charge on any atom is 0.159 e. The Morgan fingerprint density at radius 3 is 2.23 bits per heavy atom. The molecule has 3 rings (SSSR count). The van der Waals surface area contributed by atoms with Gasteiger partial charge in [0.2, 0.25) is 0 Å². The normalized spacial score (nSPS) is 20.1. The summed E-state index contributed by atoms with van der Waals surface area (Å²) >= 11 is 0. The average molecular weight is 353 g/mol. The summed E-state index contributed by atoms with van der Waals surface area (Å²) in [5.41, 5.74) is 2.36. The molecule has 1 aliphatic rings. The van der Waals surface area contributed by atoms with Gasteiger partial charge in [0.25, 0.3) is 0 Å². The van der Waals surface area contributed by atoms with Crippen molar-refractivity contribution in [3.05, 3.63) is 42.2 Å². The Morgan fingerprint density at radius 2 is 1.62 bits per heavy atom. The number of hydrogen-bond donors (Lipinski definition) is 0. The van der Waals surface area contributed by atoms with Crippen LogP contribution in [0.15, 0.2) is 36.7 Å². The van der Waals surface area contributed by atoms with Gasteiger partial charge in [0.1, 0.15) is 5.75 Å². The van der Waals surface area contributed by atoms with E-state index in [2.05, 4.69) is 23.8 Å². The van der Waals surface area contributed by atoms with Crippen LogP contribution in [-0.4, -0.2) is 16.6 Å². The summed E-state index contributed by atoms with van der Waals surface area (Å²) in [6.45, 7) is 5.16. The lowest BCUT2D eigenvalue weighted by Gasteiger charge is -2.28. The van der Waals surface area contributed by atoms with Gasteiger partial charge in [-0.15, -0.1) is 0 Å². The third-order valence-corrected chi connectivity index (χ3v) is 5.54. The van der Waals surface area contributed by atoms with Gasteiger partial charge in [-0.3, -0.25) is 0 Å². The first-order valence-electron chi connectivity index (χ1n) is 10.3. The zero-order chi connectivity index (χ0) is 18.2. The Balaban J connectivity index is 1.57. The smallest absolute Gasteiger partial charge is 0.159 e. The number of hydrogen-bond acceptors (Lipinski definition) is 3. The molecule has 2 aromatic rings. The van der Waals surface area contributed by atoms with E-state index in [0.29, 0.717) is 5.92 Å². The third kappa shape index (κ3) is 5.06. The Bertz CT molecular complexity index is 643. The van der Waals surface area contributed by atoms with Crippen LogP contribution < -0.4 is 4.74 Å². The Hall–Kier alpha value is -1.90. The molecule has 1 aromatic heterocycles. The fourth-order valence-electron chi connectivity index (χ4n) is 3.90. The monoisotopic (exact) mass is 352 g/mol. The molecule has 1 saturated carbocycles. The van der Waals surface area contributed by atoms with E-state index in [1.165, 1.54) is 50.5 Å². The lowest BCUT2D eigenvalue weighted by atomic mass is 9.78. The second-order valence-electron chi connectivity index (χ2n) is 7.57. The molecule has 1 aliphatic carbocycles. The van der Waals surface area contributed by atoms with E-state index in [0.717, 1.165) is 36.1 Å². The van der Waals surface area contributed by atoms with Crippen LogP contribution in [0.25, 0.3) is 11.4 Å². The maximum absolute atomic E-state index is 5.64. The predicted molar refractivity (Wildman–Crippen MR) is 107 cm³/mol. The Kier molecular flexibility index (Phi) is 7.04. The second kappa shape index (κ2) is 9.70. The fourth-order valence-corrected chi connectivity index (χ4v) is 3.90. The van der Waals surface area contributed by atoms with Gasteiger partial charge in [-0.2, -0.15) is 0 Å². The summed E-state index contributed by atoms with van der Waals surface area (Å²) < 4.78 is 5.64. The molecule has 0 radical (unpaired) electrons. The summed E-state index contributed by atoms with van der Waals surface area (Å²) in [6.07, 6.45) is 14.5. The summed E-state index contributed by atoms with van der Waals surface area (Å²) in [4.78, 5) is 9.27. The molecule has 0 unspecified atom stereocenters. The molecule has 0 saturated heterocycles. The largest absolute Gasteiger partial charge is 0.494 e. The quantitative estimate of drug-likeness (QED) is 0.551. The van der Waals surface area contributed by atoms with E-state index >= 15 is 0 Å². The molecule has 1 aromatic carbocycles. The van der Waals surface area contributed by atoms with Crippen molar-refractivity contribution in [1.29, 1.82) is 0 Å². The van der Waals surface area contributed by atoms with E-state index in [1.807, 2.05) is 36.7 Å². The molecule has 26 heavy (non-hydrogen) atoms. The number of benzene rings is 1. The third-order valence-electron chi connectivity index (χ3n) is 5.54. The van der Waals surface area contributed by atoms with Gasteiger partial charge in [-0.1, -0.05) is 33.1 Å². The lowest BCUT2D eigenvalue weighted by molar-refractivity contribution is 0.304. The number of nitrogens with zero attached hydrogens (tertiary/aromatic N) is 2. The van der Waals surface area contributed by atoms with Gasteiger partial charge in [0.15, 0.2) is 5.82 Å². The van der Waals surface area contributed by atoms with Crippen LogP contribution in [0.2, 0.25) is 0 Å². The second-order valence-corrected chi connectivity index (χ2v) is 7.57. The van der Waals surface area contributed by atoms with Crippen LogP contribution >= 0.6 is 0 Å². The van der Waals surface area contributed by atoms with E-state index in [-0.39, 0.29) is 0 Å². The molecular weight excluding hydrogens is 320 g/mol. The van der Waals surface area contributed by atoms with E-state index in [9.17, 15) is 0 Å². The summed E-state index contributed by atoms with van der Waals surface area (Å²) in [5, 5.41) is 0. The molecule has 0 spiro atoms. The zero-order valence-corrected chi connectivity index (χ0v) is 16.3. The Labute approximate surface area is 158 Å². The minimum Gasteiger partial charge on any atom is -0.494 e. The number of ether oxygens (including phenoxy) is 1. The van der Waals surface area contributed by atoms with Crippen molar-refractivity contribution >= 4 is 0 Å². The SMILES string of the molecule is CCCCC1CCC(c2cnc(-c3ccc(OCCC)cc3)nc2)CC1. The van der Waals surface area contributed by atoms with Crippen LogP contribution in [0, 0.1) is 5.92 Å². The highest BCUT2D eigenvalue weighted by Crippen LogP contribution is 2.37. The highest BCUT2D eigenvalue weighted by atomic mass is 16.5. The molecule has 0 aliphatic heterocycles. The number of unbranched alkanes of at least 4 members (excludes halogenated alkanes) is 1. The molecule has 0 amide bonds. The molecular formula is C23H32N2O. The van der Waals surface area contributed by atoms with Crippen LogP contribution in [-0.2, 0) is 0 Å². The summed E-state index contributed by atoms with van der Waals surface area (Å²) in [6, 6.07) is 8.08. The van der Waals surface area contributed by atoms with Crippen LogP contribution in [0.4, 0.5) is 0 Å². The van der Waals surface area contributed by atoms with E-state index in [4.69, 9.17) is 4.74 Å². The molecule has 0 N–H and O–H groups in total. The molecule has 0 bridgehead atoms. The van der Waals surface area contributed by atoms with Gasteiger partial charge in [0, 0.05) is 18.0 Å². The topological polar surface area (TPSA) is 35.0 Å². The predicted octanol–water partition coefficient (Wildman–Crippen LogP) is 6.40. The standard InChI is InChI=1S/C23H32N2O/c1-3-5-6-18-7-9-19(10-8-18)21-16-24-23(25-17-21)20-11-13-22(14-12-20)26-15-4-2/h11-14,16-19H,3-10,15H2,1-2H3. The van der Waals surface area contributed by atoms with Crippen molar-refractivity contribution in [2.75, 3.05) is 6.61 Å². The van der Waals surface area contributed by atoms with Crippen LogP contribution in [0.3, 0.4) is 0 Å². The Morgan fingerprint density at radius 1 is 0.923 bits per heavy atom. The van der Waals surface area contributed by atoms with Crippen molar-refractivity contribution in [2.24, 2.45) is 5.92 Å². The van der Waals surface area contributed by atoms with Crippen molar-refractivity contribution < 1.29 is 4.74 Å². The summed E-state index contributed by atoms with van der Waals surface area (Å²) in [7, 11) is 0. The van der Waals surface area contributed by atoms with Crippen LogP contribution in [0.1, 0.15) is 76.7 Å². The van der Waals surface area contributed by atoms with Crippen molar-refractivity contribution in [2.45, 2.75) is 71.1 Å². The minimum atomic E-state index is 0.645. The molecule has 140 valence electrons. The first-order valence-corrected chi connectivity index (χ1v) is 10.3. The minimum absolute atomic E-state index is 0.645. The van der Waals surface area contributed by atoms with E-state index in [1.54, 1.807) is 0 Å². The van der Waals surface area contributed by atoms with Crippen molar-refractivity contribution in [3.63, 3.8) is 0 Å². The van der Waals surface area contributed by atoms with E-state index < -0.39 is 0 Å². The first-order chi connectivity index (χ1) is 12.8. The summed E-state index contributed by atoms with van der Waals surface area (Å²) in [5.74, 6) is 3.30. The van der Waals surface area contributed by atoms with Crippen molar-refractivity contribution in [1.82, 2.24) is 9.97 Å². The number of aromatic nitrogens is 2. The maximum atomic E-state index is 5.64. The van der Waals surface area contributed by atoms with Crippen molar-refractivity contribution in [3.8, 4) is 17.1 Å². The molecule has 3 nitrogen and oxygen atoms in total. The number of rotatable bonds is 8. The molecule has 1 heterocycles. The highest BCUT2D eigenvalue weighted by Gasteiger charge is 2.22. The van der Waals surface area contributed by atoms with Gasteiger partial charge < -0.3 is 4.74 Å². The highest BCUT2D eigenvalue weighted by molar-refractivity contribution is 5.56. The first kappa shape index (κ1) is 18.9. The van der Waals surface area contributed by atoms with Crippen LogP contribution in [0.5, 0.6) is 5.75 Å². The lowest BCUT2D eigenvalue weighted by Crippen LogP contribution is -2.13. The fraction of sp³-hybridized carbons (Fsp3) is 0.565. The molecule has 1 fully saturated rings. The van der Waals surface area contributed by atoms with Gasteiger partial charge >= 0.3 is 0 Å². The van der Waals surface area contributed by atoms with Gasteiger partial charge in [0.05, 0.1) is 6.61 Å².